The first-order valence-electron chi connectivity index (χ1n) is 11.7. The third kappa shape index (κ3) is 2.82. The van der Waals surface area contributed by atoms with Crippen LogP contribution in [0.1, 0.15) is 32.3 Å². The van der Waals surface area contributed by atoms with Crippen molar-refractivity contribution in [2.24, 2.45) is 5.41 Å². The molecule has 2 aliphatic heterocycles. The van der Waals surface area contributed by atoms with Crippen LogP contribution in [-0.2, 0) is 15.0 Å². The van der Waals surface area contributed by atoms with Crippen molar-refractivity contribution in [1.29, 1.82) is 5.26 Å². The molecule has 1 N–H and O–H groups in total. The molecule has 2 aromatic carbocycles. The van der Waals surface area contributed by atoms with Crippen LogP contribution >= 0.6 is 0 Å². The second kappa shape index (κ2) is 7.31. The van der Waals surface area contributed by atoms with Gasteiger partial charge >= 0.3 is 0 Å². The van der Waals surface area contributed by atoms with E-state index in [9.17, 15) is 14.9 Å². The average Bonchev–Trinajstić information content (AvgIpc) is 3.46. The summed E-state index contributed by atoms with van der Waals surface area (Å²) in [6.45, 7) is 4.15. The van der Waals surface area contributed by atoms with Crippen LogP contribution < -0.4 is 10.2 Å². The Morgan fingerprint density at radius 3 is 2.31 bits per heavy atom. The first kappa shape index (κ1) is 21.2. The number of para-hydroxylation sites is 2. The van der Waals surface area contributed by atoms with Gasteiger partial charge in [-0.3, -0.25) is 14.5 Å². The number of allylic oxidation sites excluding steroid dienone is 1. The van der Waals surface area contributed by atoms with Gasteiger partial charge in [0, 0.05) is 47.0 Å². The van der Waals surface area contributed by atoms with Crippen molar-refractivity contribution in [3.63, 3.8) is 0 Å². The smallest absolute Gasteiger partial charge is 0.245 e. The molecule has 6 nitrogen and oxygen atoms in total. The lowest BCUT2D eigenvalue weighted by molar-refractivity contribution is -0.123. The number of carbonyl (C=O) groups is 2. The van der Waals surface area contributed by atoms with E-state index in [-0.39, 0.29) is 22.7 Å². The fourth-order valence-corrected chi connectivity index (χ4v) is 5.90. The van der Waals surface area contributed by atoms with Crippen molar-refractivity contribution < 1.29 is 9.59 Å². The van der Waals surface area contributed by atoms with Crippen molar-refractivity contribution in [2.75, 3.05) is 10.2 Å². The molecule has 1 spiro atoms. The molecule has 1 atom stereocenters. The molecule has 35 heavy (non-hydrogen) atoms. The number of Topliss-reactive ketones (excluding diaryl/α,β-unsaturated/α-hetero) is 1. The third-order valence-electron chi connectivity index (χ3n) is 7.20. The minimum atomic E-state index is -1.50. The van der Waals surface area contributed by atoms with Crippen molar-refractivity contribution in [3.8, 4) is 6.07 Å². The maximum atomic E-state index is 14.0. The minimum absolute atomic E-state index is 0.0941. The summed E-state index contributed by atoms with van der Waals surface area (Å²) in [5.74, 6) is 0.122. The molecule has 1 unspecified atom stereocenters. The summed E-state index contributed by atoms with van der Waals surface area (Å²) in [7, 11) is 0. The monoisotopic (exact) mass is 460 g/mol. The highest BCUT2D eigenvalue weighted by Gasteiger charge is 2.61. The number of nitrogens with zero attached hydrogens (tertiary/aromatic N) is 3. The summed E-state index contributed by atoms with van der Waals surface area (Å²) in [5, 5.41) is 13.7. The van der Waals surface area contributed by atoms with Crippen LogP contribution in [0.3, 0.4) is 0 Å². The van der Waals surface area contributed by atoms with E-state index >= 15 is 0 Å². The van der Waals surface area contributed by atoms with Crippen molar-refractivity contribution in [1.82, 2.24) is 4.57 Å². The molecule has 3 aliphatic rings. The molecule has 0 fully saturated rings. The fraction of sp³-hybridized carbons (Fsp3) is 0.207. The molecule has 0 saturated heterocycles. The van der Waals surface area contributed by atoms with E-state index in [1.165, 1.54) is 0 Å². The van der Waals surface area contributed by atoms with Crippen LogP contribution in [0.5, 0.6) is 0 Å². The van der Waals surface area contributed by atoms with Gasteiger partial charge in [-0.2, -0.15) is 5.26 Å². The van der Waals surface area contributed by atoms with Gasteiger partial charge in [-0.05, 0) is 42.2 Å². The number of rotatable bonds is 2. The van der Waals surface area contributed by atoms with Gasteiger partial charge in [0.25, 0.3) is 0 Å². The molecule has 1 amide bonds. The van der Waals surface area contributed by atoms with Gasteiger partial charge in [0.1, 0.15) is 17.3 Å². The maximum Gasteiger partial charge on any atom is 0.245 e. The molecule has 0 saturated carbocycles. The van der Waals surface area contributed by atoms with E-state index in [1.807, 2.05) is 88.6 Å². The van der Waals surface area contributed by atoms with E-state index in [0.717, 1.165) is 11.4 Å². The van der Waals surface area contributed by atoms with Gasteiger partial charge in [0.15, 0.2) is 5.78 Å². The molecule has 6 rings (SSSR count). The van der Waals surface area contributed by atoms with Gasteiger partial charge in [0.05, 0.1) is 5.57 Å². The van der Waals surface area contributed by atoms with Crippen LogP contribution in [0.2, 0.25) is 0 Å². The summed E-state index contributed by atoms with van der Waals surface area (Å²) in [4.78, 5) is 30.0. The van der Waals surface area contributed by atoms with Crippen molar-refractivity contribution in [2.45, 2.75) is 32.1 Å². The van der Waals surface area contributed by atoms with E-state index in [1.54, 1.807) is 0 Å². The first-order chi connectivity index (χ1) is 16.9. The molecule has 172 valence electrons. The minimum Gasteiger partial charge on any atom is -0.324 e. The van der Waals surface area contributed by atoms with Gasteiger partial charge in [-0.25, -0.2) is 0 Å². The lowest BCUT2D eigenvalue weighted by atomic mass is 9.60. The Hall–Kier alpha value is -4.37. The number of fused-ring (bicyclic) bond motifs is 3. The van der Waals surface area contributed by atoms with E-state index in [0.29, 0.717) is 35.5 Å². The second-order valence-electron chi connectivity index (χ2n) is 10.1. The molecule has 0 bridgehead atoms. The van der Waals surface area contributed by atoms with Gasteiger partial charge < -0.3 is 9.88 Å². The number of nitriles is 1. The summed E-state index contributed by atoms with van der Waals surface area (Å²) in [6.07, 6.45) is 4.64. The molecule has 6 heteroatoms. The van der Waals surface area contributed by atoms with Gasteiger partial charge in [-0.15, -0.1) is 0 Å². The maximum absolute atomic E-state index is 14.0. The number of anilines is 2. The zero-order chi connectivity index (χ0) is 24.4. The number of hydrogen-bond donors (Lipinski definition) is 1. The highest BCUT2D eigenvalue weighted by atomic mass is 16.2. The average molecular weight is 461 g/mol. The predicted octanol–water partition coefficient (Wildman–Crippen LogP) is 5.23. The van der Waals surface area contributed by atoms with Gasteiger partial charge in [-0.1, -0.05) is 50.2 Å². The molecular weight excluding hydrogens is 436 g/mol. The normalized spacial score (nSPS) is 22.7. The summed E-state index contributed by atoms with van der Waals surface area (Å²) in [5.41, 5.74) is 1.75. The molecular formula is C29H24N4O2. The van der Waals surface area contributed by atoms with Crippen LogP contribution in [-0.4, -0.2) is 16.3 Å². The Labute approximate surface area is 203 Å². The summed E-state index contributed by atoms with van der Waals surface area (Å²) >= 11 is 0. The van der Waals surface area contributed by atoms with Crippen LogP contribution in [0, 0.1) is 16.7 Å². The Morgan fingerprint density at radius 1 is 0.914 bits per heavy atom. The Kier molecular flexibility index (Phi) is 4.43. The van der Waals surface area contributed by atoms with E-state index in [4.69, 9.17) is 0 Å². The van der Waals surface area contributed by atoms with E-state index in [2.05, 4.69) is 25.2 Å². The summed E-state index contributed by atoms with van der Waals surface area (Å²) < 4.78 is 1.87. The zero-order valence-corrected chi connectivity index (χ0v) is 19.6. The molecule has 1 aliphatic carbocycles. The number of amides is 1. The highest BCUT2D eigenvalue weighted by Crippen LogP contribution is 2.58. The van der Waals surface area contributed by atoms with Crippen LogP contribution in [0.25, 0.3) is 5.82 Å². The number of carbonyl (C=O) groups excluding carboxylic acids is 2. The number of ketones is 1. The zero-order valence-electron chi connectivity index (χ0n) is 19.6. The first-order valence-corrected chi connectivity index (χ1v) is 11.7. The quantitative estimate of drug-likeness (QED) is 0.568. The number of benzene rings is 2. The summed E-state index contributed by atoms with van der Waals surface area (Å²) in [6, 6.07) is 23.3. The second-order valence-corrected chi connectivity index (χ2v) is 10.1. The lowest BCUT2D eigenvalue weighted by Gasteiger charge is -2.47. The van der Waals surface area contributed by atoms with E-state index < -0.39 is 5.41 Å². The number of hydrogen-bond acceptors (Lipinski definition) is 4. The Balaban J connectivity index is 1.80. The van der Waals surface area contributed by atoms with Crippen molar-refractivity contribution in [3.05, 3.63) is 102 Å². The topological polar surface area (TPSA) is 78.1 Å². The molecule has 3 aromatic rings. The largest absolute Gasteiger partial charge is 0.324 e. The van der Waals surface area contributed by atoms with Crippen molar-refractivity contribution >= 4 is 28.9 Å². The molecule has 1 aromatic heterocycles. The predicted molar refractivity (Wildman–Crippen MR) is 134 cm³/mol. The molecule has 3 heterocycles. The number of aromatic nitrogens is 1. The highest BCUT2D eigenvalue weighted by molar-refractivity contribution is 6.21. The number of nitrogens with one attached hydrogen (secondary N) is 1. The standard InChI is InChI=1S/C29H24N4O2/c1-28(2)16-23-25(24(34)17-28)29(20-12-6-7-13-22(20)31-27(29)35)21(18-30)26(32-14-8-9-15-32)33(23)19-10-4-3-5-11-19/h3-15H,16-17H2,1-2H3,(H,31,35). The van der Waals surface area contributed by atoms with Crippen LogP contribution in [0.15, 0.2) is 96.0 Å². The van der Waals surface area contributed by atoms with Crippen LogP contribution in [0.4, 0.5) is 11.4 Å². The molecule has 0 radical (unpaired) electrons. The fourth-order valence-electron chi connectivity index (χ4n) is 5.90. The lowest BCUT2D eigenvalue weighted by Crippen LogP contribution is -2.51. The third-order valence-corrected chi connectivity index (χ3v) is 7.20. The SMILES string of the molecule is CC1(C)CC(=O)C2=C(C1)N(c1ccccc1)C(n1cccc1)=C(C#N)C21C(=O)Nc2ccccc21. The van der Waals surface area contributed by atoms with Gasteiger partial charge in [0.2, 0.25) is 5.91 Å². The Bertz CT molecular complexity index is 1490. The Morgan fingerprint density at radius 2 is 1.60 bits per heavy atom.